The average molecular weight is 250 g/mol. The van der Waals surface area contributed by atoms with Crippen LogP contribution in [0.15, 0.2) is 18.3 Å². The van der Waals surface area contributed by atoms with Gasteiger partial charge in [-0.2, -0.15) is 0 Å². The van der Waals surface area contributed by atoms with Crippen molar-refractivity contribution < 1.29 is 14.7 Å². The molecule has 0 bridgehead atoms. The number of rotatable bonds is 5. The summed E-state index contributed by atoms with van der Waals surface area (Å²) in [4.78, 5) is 28.3. The summed E-state index contributed by atoms with van der Waals surface area (Å²) in [5.41, 5.74) is 0.246. The molecule has 0 fully saturated rings. The first-order chi connectivity index (χ1) is 8.51. The highest BCUT2D eigenvalue weighted by atomic mass is 16.4. The largest absolute Gasteiger partial charge is 0.477 e. The van der Waals surface area contributed by atoms with Crippen molar-refractivity contribution in [1.29, 1.82) is 0 Å². The van der Waals surface area contributed by atoms with Gasteiger partial charge in [0.25, 0.3) is 5.91 Å². The highest BCUT2D eigenvalue weighted by Crippen LogP contribution is 2.12. The maximum atomic E-state index is 12.2. The Morgan fingerprint density at radius 2 is 2.00 bits per heavy atom. The van der Waals surface area contributed by atoms with E-state index in [9.17, 15) is 9.59 Å². The van der Waals surface area contributed by atoms with Crippen LogP contribution in [0.4, 0.5) is 0 Å². The number of nitrogens with zero attached hydrogens (tertiary/aromatic N) is 2. The molecular weight excluding hydrogens is 232 g/mol. The van der Waals surface area contributed by atoms with E-state index in [0.717, 1.165) is 12.8 Å². The summed E-state index contributed by atoms with van der Waals surface area (Å²) in [5, 5.41) is 8.84. The lowest BCUT2D eigenvalue weighted by atomic mass is 10.1. The van der Waals surface area contributed by atoms with E-state index in [4.69, 9.17) is 5.11 Å². The predicted octanol–water partition coefficient (Wildman–Crippen LogP) is 2.04. The molecule has 1 amide bonds. The second kappa shape index (κ2) is 6.14. The van der Waals surface area contributed by atoms with Gasteiger partial charge in [-0.1, -0.05) is 13.8 Å². The number of amides is 1. The van der Waals surface area contributed by atoms with Crippen LogP contribution in [0, 0.1) is 0 Å². The van der Waals surface area contributed by atoms with Crippen molar-refractivity contribution in [3.05, 3.63) is 29.6 Å². The maximum absolute atomic E-state index is 12.2. The van der Waals surface area contributed by atoms with Gasteiger partial charge in [-0.15, -0.1) is 0 Å². The summed E-state index contributed by atoms with van der Waals surface area (Å²) in [5.74, 6) is -1.30. The SMILES string of the molecule is CCC(CC)N(C)C(=O)c1ccnc(C(=O)O)c1. The molecule has 1 rings (SSSR count). The molecule has 1 heterocycles. The normalized spacial score (nSPS) is 10.4. The van der Waals surface area contributed by atoms with Crippen molar-refractivity contribution in [2.24, 2.45) is 0 Å². The molecule has 1 N–H and O–H groups in total. The average Bonchev–Trinajstić information content (AvgIpc) is 2.39. The van der Waals surface area contributed by atoms with Gasteiger partial charge in [0.05, 0.1) is 0 Å². The van der Waals surface area contributed by atoms with Gasteiger partial charge in [0.1, 0.15) is 5.69 Å². The minimum atomic E-state index is -1.13. The second-order valence-electron chi connectivity index (χ2n) is 4.12. The highest BCUT2D eigenvalue weighted by molar-refractivity contribution is 5.96. The second-order valence-corrected chi connectivity index (χ2v) is 4.12. The number of carboxylic acid groups (broad SMARTS) is 1. The van der Waals surface area contributed by atoms with E-state index >= 15 is 0 Å². The molecule has 0 radical (unpaired) electrons. The van der Waals surface area contributed by atoms with Crippen LogP contribution in [0.3, 0.4) is 0 Å². The maximum Gasteiger partial charge on any atom is 0.354 e. The lowest BCUT2D eigenvalue weighted by Crippen LogP contribution is -2.36. The van der Waals surface area contributed by atoms with Crippen LogP contribution < -0.4 is 0 Å². The van der Waals surface area contributed by atoms with Gasteiger partial charge in [-0.05, 0) is 25.0 Å². The van der Waals surface area contributed by atoms with Crippen molar-refractivity contribution >= 4 is 11.9 Å². The van der Waals surface area contributed by atoms with E-state index in [0.29, 0.717) is 5.56 Å². The molecule has 0 aliphatic heterocycles. The fourth-order valence-electron chi connectivity index (χ4n) is 1.89. The first-order valence-electron chi connectivity index (χ1n) is 5.97. The molecule has 18 heavy (non-hydrogen) atoms. The lowest BCUT2D eigenvalue weighted by molar-refractivity contribution is 0.0690. The van der Waals surface area contributed by atoms with E-state index in [2.05, 4.69) is 4.98 Å². The zero-order valence-electron chi connectivity index (χ0n) is 10.9. The van der Waals surface area contributed by atoms with E-state index in [1.165, 1.54) is 18.3 Å². The lowest BCUT2D eigenvalue weighted by Gasteiger charge is -2.26. The number of carbonyl (C=O) groups is 2. The monoisotopic (exact) mass is 250 g/mol. The number of aromatic nitrogens is 1. The summed E-state index contributed by atoms with van der Waals surface area (Å²) < 4.78 is 0. The van der Waals surface area contributed by atoms with Gasteiger partial charge in [-0.3, -0.25) is 4.79 Å². The zero-order chi connectivity index (χ0) is 13.7. The van der Waals surface area contributed by atoms with Gasteiger partial charge >= 0.3 is 5.97 Å². The fourth-order valence-corrected chi connectivity index (χ4v) is 1.89. The molecule has 1 aromatic heterocycles. The molecule has 98 valence electrons. The number of aromatic carboxylic acids is 1. The Morgan fingerprint density at radius 3 is 2.50 bits per heavy atom. The minimum Gasteiger partial charge on any atom is -0.477 e. The molecule has 0 atom stereocenters. The summed E-state index contributed by atoms with van der Waals surface area (Å²) in [6, 6.07) is 3.01. The molecule has 0 saturated heterocycles. The number of carboxylic acids is 1. The van der Waals surface area contributed by atoms with Gasteiger partial charge in [0.2, 0.25) is 0 Å². The van der Waals surface area contributed by atoms with E-state index in [-0.39, 0.29) is 17.6 Å². The molecule has 5 nitrogen and oxygen atoms in total. The van der Waals surface area contributed by atoms with Crippen molar-refractivity contribution in [3.8, 4) is 0 Å². The van der Waals surface area contributed by atoms with Crippen molar-refractivity contribution in [2.75, 3.05) is 7.05 Å². The van der Waals surface area contributed by atoms with Crippen LogP contribution in [0.25, 0.3) is 0 Å². The van der Waals surface area contributed by atoms with Crippen molar-refractivity contribution in [1.82, 2.24) is 9.88 Å². The summed E-state index contributed by atoms with van der Waals surface area (Å²) in [6.07, 6.45) is 3.09. The van der Waals surface area contributed by atoms with Gasteiger partial charge in [0.15, 0.2) is 0 Å². The molecule has 0 saturated carbocycles. The molecule has 0 aliphatic rings. The molecule has 0 aromatic carbocycles. The van der Waals surface area contributed by atoms with Crippen LogP contribution in [-0.2, 0) is 0 Å². The third-order valence-corrected chi connectivity index (χ3v) is 3.04. The van der Waals surface area contributed by atoms with Crippen LogP contribution >= 0.6 is 0 Å². The Bertz CT molecular complexity index is 442. The molecule has 1 aromatic rings. The van der Waals surface area contributed by atoms with Gasteiger partial charge < -0.3 is 10.0 Å². The number of pyridine rings is 1. The minimum absolute atomic E-state index is 0.112. The summed E-state index contributed by atoms with van der Waals surface area (Å²) >= 11 is 0. The molecular formula is C13H18N2O3. The van der Waals surface area contributed by atoms with E-state index in [1.807, 2.05) is 13.8 Å². The van der Waals surface area contributed by atoms with Crippen LogP contribution in [-0.4, -0.2) is 40.0 Å². The summed E-state index contributed by atoms with van der Waals surface area (Å²) in [7, 11) is 1.74. The Labute approximate surface area is 106 Å². The van der Waals surface area contributed by atoms with Crippen molar-refractivity contribution in [2.45, 2.75) is 32.7 Å². The van der Waals surface area contributed by atoms with Crippen LogP contribution in [0.5, 0.6) is 0 Å². The Morgan fingerprint density at radius 1 is 1.39 bits per heavy atom. The molecule has 0 unspecified atom stereocenters. The Balaban J connectivity index is 2.96. The molecule has 0 aliphatic carbocycles. The van der Waals surface area contributed by atoms with Gasteiger partial charge in [-0.25, -0.2) is 9.78 Å². The molecule has 5 heteroatoms. The predicted molar refractivity (Wildman–Crippen MR) is 67.7 cm³/mol. The number of hydrogen-bond donors (Lipinski definition) is 1. The Kier molecular flexibility index (Phi) is 4.83. The van der Waals surface area contributed by atoms with E-state index in [1.54, 1.807) is 11.9 Å². The third-order valence-electron chi connectivity index (χ3n) is 3.04. The third kappa shape index (κ3) is 3.06. The van der Waals surface area contributed by atoms with E-state index < -0.39 is 5.97 Å². The van der Waals surface area contributed by atoms with Crippen LogP contribution in [0.2, 0.25) is 0 Å². The van der Waals surface area contributed by atoms with Crippen molar-refractivity contribution in [3.63, 3.8) is 0 Å². The summed E-state index contributed by atoms with van der Waals surface area (Å²) in [6.45, 7) is 4.04. The first-order valence-corrected chi connectivity index (χ1v) is 5.97. The standard InChI is InChI=1S/C13H18N2O3/c1-4-10(5-2)15(3)12(16)9-6-7-14-11(8-9)13(17)18/h6-8,10H,4-5H2,1-3H3,(H,17,18). The Hall–Kier alpha value is -1.91. The highest BCUT2D eigenvalue weighted by Gasteiger charge is 2.19. The quantitative estimate of drug-likeness (QED) is 0.868. The number of carbonyl (C=O) groups excluding carboxylic acids is 1. The zero-order valence-corrected chi connectivity index (χ0v) is 10.9. The first kappa shape index (κ1) is 14.2. The van der Waals surface area contributed by atoms with Gasteiger partial charge in [0, 0.05) is 24.8 Å². The van der Waals surface area contributed by atoms with Crippen LogP contribution in [0.1, 0.15) is 47.5 Å². The molecule has 0 spiro atoms. The smallest absolute Gasteiger partial charge is 0.354 e. The topological polar surface area (TPSA) is 70.5 Å². The fraction of sp³-hybridized carbons (Fsp3) is 0.462. The number of hydrogen-bond acceptors (Lipinski definition) is 3.